The summed E-state index contributed by atoms with van der Waals surface area (Å²) in [5.41, 5.74) is 5.12. The lowest BCUT2D eigenvalue weighted by molar-refractivity contribution is -0.123. The number of fused-ring (bicyclic) bond motifs is 1. The quantitative estimate of drug-likeness (QED) is 0.784. The molecule has 1 saturated heterocycles. The highest BCUT2D eigenvalue weighted by molar-refractivity contribution is 6.25. The van der Waals surface area contributed by atoms with E-state index in [1.54, 1.807) is 5.01 Å². The summed E-state index contributed by atoms with van der Waals surface area (Å²) in [6, 6.07) is 12.3. The summed E-state index contributed by atoms with van der Waals surface area (Å²) < 4.78 is 0. The fourth-order valence-corrected chi connectivity index (χ4v) is 3.63. The van der Waals surface area contributed by atoms with Crippen LogP contribution in [0.2, 0.25) is 0 Å². The molecular weight excluding hydrogens is 340 g/mol. The predicted molar refractivity (Wildman–Crippen MR) is 102 cm³/mol. The molecule has 2 amide bonds. The molecule has 2 aliphatic rings. The fraction of sp³-hybridized carbons (Fsp3) is 0.333. The smallest absolute Gasteiger partial charge is 0.263 e. The molecule has 1 fully saturated rings. The summed E-state index contributed by atoms with van der Waals surface area (Å²) in [5.74, 6) is -0.564. The lowest BCUT2D eigenvalue weighted by Gasteiger charge is -2.21. The molecule has 4 rings (SSSR count). The zero-order valence-electron chi connectivity index (χ0n) is 15.7. The Hall–Kier alpha value is -3.02. The molecule has 0 radical (unpaired) electrons. The van der Waals surface area contributed by atoms with E-state index in [1.165, 1.54) is 4.90 Å². The van der Waals surface area contributed by atoms with E-state index in [0.29, 0.717) is 12.2 Å². The minimum Gasteiger partial charge on any atom is -0.271 e. The van der Waals surface area contributed by atoms with Gasteiger partial charge < -0.3 is 0 Å². The van der Waals surface area contributed by atoms with Crippen molar-refractivity contribution in [3.8, 4) is 0 Å². The molecule has 0 spiro atoms. The van der Waals surface area contributed by atoms with Crippen molar-refractivity contribution in [2.45, 2.75) is 45.8 Å². The van der Waals surface area contributed by atoms with Crippen molar-refractivity contribution in [3.05, 3.63) is 64.7 Å². The molecule has 2 aliphatic heterocycles. The summed E-state index contributed by atoms with van der Waals surface area (Å²) in [6.07, 6.45) is 0.908. The van der Waals surface area contributed by atoms with Gasteiger partial charge in [0.05, 0.1) is 12.2 Å². The summed E-state index contributed by atoms with van der Waals surface area (Å²) in [7, 11) is 0. The Morgan fingerprint density at radius 3 is 2.44 bits per heavy atom. The van der Waals surface area contributed by atoms with Crippen molar-refractivity contribution in [2.75, 3.05) is 4.90 Å². The van der Waals surface area contributed by atoms with Crippen LogP contribution in [-0.4, -0.2) is 28.9 Å². The van der Waals surface area contributed by atoms with Gasteiger partial charge in [0, 0.05) is 0 Å². The Labute approximate surface area is 158 Å². The molecule has 138 valence electrons. The van der Waals surface area contributed by atoms with Crippen LogP contribution < -0.4 is 4.90 Å². The molecule has 6 heteroatoms. The Morgan fingerprint density at radius 1 is 1.00 bits per heavy atom. The largest absolute Gasteiger partial charge is 0.271 e. The molecule has 2 atom stereocenters. The lowest BCUT2D eigenvalue weighted by atomic mass is 10.0. The predicted octanol–water partition coefficient (Wildman–Crippen LogP) is 3.36. The van der Waals surface area contributed by atoms with E-state index in [2.05, 4.69) is 35.5 Å². The Balaban J connectivity index is 1.60. The number of amides is 2. The van der Waals surface area contributed by atoms with E-state index in [0.717, 1.165) is 28.7 Å². The molecule has 0 unspecified atom stereocenters. The average molecular weight is 362 g/mol. The van der Waals surface area contributed by atoms with Gasteiger partial charge in [0.25, 0.3) is 11.8 Å². The topological polar surface area (TPSA) is 65.3 Å². The Morgan fingerprint density at radius 2 is 1.74 bits per heavy atom. The molecule has 0 N–H and O–H groups in total. The standard InChI is InChI=1S/C21H22N4O2/c1-4-15-7-9-17(10-8-15)25-20(26)18-19(21(25)27)24(23-22-18)12-16-11-13(2)5-6-14(16)3/h5-11,18-19H,4,12H2,1-3H3/t18-,19+/m0/s1. The molecule has 0 aromatic heterocycles. The van der Waals surface area contributed by atoms with Crippen LogP contribution in [0.25, 0.3) is 0 Å². The molecule has 6 nitrogen and oxygen atoms in total. The van der Waals surface area contributed by atoms with Gasteiger partial charge in [-0.1, -0.05) is 48.0 Å². The lowest BCUT2D eigenvalue weighted by Crippen LogP contribution is -2.39. The van der Waals surface area contributed by atoms with E-state index in [-0.39, 0.29) is 11.8 Å². The SMILES string of the molecule is CCc1ccc(N2C(=O)[C@H]3N=NN(Cc4cc(C)ccc4C)[C@H]3C2=O)cc1. The second-order valence-electron chi connectivity index (χ2n) is 7.15. The van der Waals surface area contributed by atoms with E-state index in [9.17, 15) is 9.59 Å². The second-order valence-corrected chi connectivity index (χ2v) is 7.15. The van der Waals surface area contributed by atoms with Gasteiger partial charge in [0.2, 0.25) is 0 Å². The third kappa shape index (κ3) is 2.91. The zero-order chi connectivity index (χ0) is 19.1. The van der Waals surface area contributed by atoms with Crippen LogP contribution in [0.4, 0.5) is 5.69 Å². The first-order valence-electron chi connectivity index (χ1n) is 9.20. The molecule has 0 saturated carbocycles. The minimum atomic E-state index is -0.756. The number of anilines is 1. The van der Waals surface area contributed by atoms with Crippen LogP contribution in [0.15, 0.2) is 52.8 Å². The van der Waals surface area contributed by atoms with E-state index in [4.69, 9.17) is 0 Å². The summed E-state index contributed by atoms with van der Waals surface area (Å²) >= 11 is 0. The van der Waals surface area contributed by atoms with Crippen molar-refractivity contribution in [1.29, 1.82) is 0 Å². The number of rotatable bonds is 4. The maximum absolute atomic E-state index is 13.0. The summed E-state index contributed by atoms with van der Waals surface area (Å²) in [6.45, 7) is 6.59. The Kier molecular flexibility index (Phi) is 4.26. The average Bonchev–Trinajstić information content (AvgIpc) is 3.18. The zero-order valence-corrected chi connectivity index (χ0v) is 15.7. The normalized spacial score (nSPS) is 21.3. The molecule has 27 heavy (non-hydrogen) atoms. The van der Waals surface area contributed by atoms with Gasteiger partial charge in [0.1, 0.15) is 0 Å². The van der Waals surface area contributed by atoms with E-state index in [1.807, 2.05) is 38.1 Å². The number of aryl methyl sites for hydroxylation is 3. The van der Waals surface area contributed by atoms with Crippen molar-refractivity contribution in [2.24, 2.45) is 10.3 Å². The van der Waals surface area contributed by atoms with Crippen LogP contribution in [0.1, 0.15) is 29.2 Å². The van der Waals surface area contributed by atoms with E-state index < -0.39 is 12.1 Å². The van der Waals surface area contributed by atoms with Crippen LogP contribution in [-0.2, 0) is 22.6 Å². The number of imide groups is 1. The van der Waals surface area contributed by atoms with Gasteiger partial charge in [0.15, 0.2) is 12.1 Å². The van der Waals surface area contributed by atoms with Crippen molar-refractivity contribution in [3.63, 3.8) is 0 Å². The van der Waals surface area contributed by atoms with Gasteiger partial charge in [-0.05, 0) is 49.1 Å². The van der Waals surface area contributed by atoms with Crippen molar-refractivity contribution < 1.29 is 9.59 Å². The molecule has 0 aliphatic carbocycles. The van der Waals surface area contributed by atoms with Crippen LogP contribution >= 0.6 is 0 Å². The first kappa shape index (κ1) is 17.4. The van der Waals surface area contributed by atoms with Gasteiger partial charge >= 0.3 is 0 Å². The van der Waals surface area contributed by atoms with E-state index >= 15 is 0 Å². The molecule has 2 aromatic carbocycles. The maximum Gasteiger partial charge on any atom is 0.263 e. The number of benzene rings is 2. The summed E-state index contributed by atoms with van der Waals surface area (Å²) in [5, 5.41) is 9.89. The first-order valence-corrected chi connectivity index (χ1v) is 9.20. The van der Waals surface area contributed by atoms with Crippen molar-refractivity contribution >= 4 is 17.5 Å². The van der Waals surface area contributed by atoms with Crippen LogP contribution in [0, 0.1) is 13.8 Å². The Bertz CT molecular complexity index is 936. The maximum atomic E-state index is 13.0. The third-order valence-electron chi connectivity index (χ3n) is 5.30. The molecular formula is C21H22N4O2. The number of carbonyl (C=O) groups is 2. The van der Waals surface area contributed by atoms with Gasteiger partial charge in [-0.15, -0.1) is 0 Å². The molecule has 2 heterocycles. The molecule has 0 bridgehead atoms. The molecule has 2 aromatic rings. The second kappa shape index (κ2) is 6.61. The first-order chi connectivity index (χ1) is 13.0. The number of nitrogens with zero attached hydrogens (tertiary/aromatic N) is 4. The number of hydrogen-bond acceptors (Lipinski definition) is 5. The highest BCUT2D eigenvalue weighted by atomic mass is 16.2. The summed E-state index contributed by atoms with van der Waals surface area (Å²) in [4.78, 5) is 27.1. The van der Waals surface area contributed by atoms with Crippen LogP contribution in [0.5, 0.6) is 0 Å². The highest BCUT2D eigenvalue weighted by Gasteiger charge is 2.54. The third-order valence-corrected chi connectivity index (χ3v) is 5.30. The minimum absolute atomic E-state index is 0.260. The van der Waals surface area contributed by atoms with Gasteiger partial charge in [-0.3, -0.25) is 14.6 Å². The van der Waals surface area contributed by atoms with Gasteiger partial charge in [-0.25, -0.2) is 4.90 Å². The van der Waals surface area contributed by atoms with Gasteiger partial charge in [-0.2, -0.15) is 5.11 Å². The number of hydrogen-bond donors (Lipinski definition) is 0. The number of carbonyl (C=O) groups excluding carboxylic acids is 2. The van der Waals surface area contributed by atoms with Crippen molar-refractivity contribution in [1.82, 2.24) is 5.01 Å². The fourth-order valence-electron chi connectivity index (χ4n) is 3.63. The van der Waals surface area contributed by atoms with Crippen LogP contribution in [0.3, 0.4) is 0 Å². The highest BCUT2D eigenvalue weighted by Crippen LogP contribution is 2.33. The monoisotopic (exact) mass is 362 g/mol.